The lowest BCUT2D eigenvalue weighted by atomic mass is 9.65. The van der Waals surface area contributed by atoms with Crippen molar-refractivity contribution in [3.8, 4) is 0 Å². The van der Waals surface area contributed by atoms with Crippen molar-refractivity contribution in [2.45, 2.75) is 38.5 Å². The smallest absolute Gasteiger partial charge is 0.0178 e. The van der Waals surface area contributed by atoms with Crippen LogP contribution >= 0.6 is 15.9 Å². The lowest BCUT2D eigenvalue weighted by molar-refractivity contribution is 0.363. The van der Waals surface area contributed by atoms with E-state index in [0.717, 1.165) is 5.92 Å². The molecule has 102 valence electrons. The van der Waals surface area contributed by atoms with E-state index < -0.39 is 0 Å². The molecule has 20 heavy (non-hydrogen) atoms. The summed E-state index contributed by atoms with van der Waals surface area (Å²) in [5.41, 5.74) is 7.70. The van der Waals surface area contributed by atoms with Gasteiger partial charge >= 0.3 is 0 Å². The highest BCUT2D eigenvalue weighted by atomic mass is 79.9. The molecule has 2 aromatic carbocycles. The fourth-order valence-electron chi connectivity index (χ4n) is 4.15. The van der Waals surface area contributed by atoms with E-state index in [2.05, 4.69) is 59.3 Å². The standard InChI is InChI=1S/C19H19Br/c1-12-2-3-13-4-6-15-7-5-14-8-9-16(20)11-18(14)19(15)17(13)10-12/h2-3,8-11,15,19H,4-7H2,1H3. The van der Waals surface area contributed by atoms with Crippen LogP contribution in [-0.2, 0) is 12.8 Å². The van der Waals surface area contributed by atoms with Gasteiger partial charge in [0.2, 0.25) is 0 Å². The van der Waals surface area contributed by atoms with Gasteiger partial charge in [-0.15, -0.1) is 0 Å². The van der Waals surface area contributed by atoms with Gasteiger partial charge in [0.15, 0.2) is 0 Å². The average Bonchev–Trinajstić information content (AvgIpc) is 2.46. The highest BCUT2D eigenvalue weighted by molar-refractivity contribution is 9.10. The normalized spacial score (nSPS) is 23.7. The first-order valence-electron chi connectivity index (χ1n) is 7.60. The second-order valence-electron chi connectivity index (χ2n) is 6.36. The molecule has 0 bridgehead atoms. The molecule has 0 nitrogen and oxygen atoms in total. The van der Waals surface area contributed by atoms with Crippen LogP contribution in [0.15, 0.2) is 40.9 Å². The zero-order chi connectivity index (χ0) is 13.7. The first kappa shape index (κ1) is 12.6. The van der Waals surface area contributed by atoms with Gasteiger partial charge in [-0.05, 0) is 72.9 Å². The Kier molecular flexibility index (Phi) is 2.99. The number of aryl methyl sites for hydroxylation is 3. The summed E-state index contributed by atoms with van der Waals surface area (Å²) in [6.45, 7) is 2.22. The molecular formula is C19H19Br. The maximum absolute atomic E-state index is 3.66. The molecule has 0 aromatic heterocycles. The number of rotatable bonds is 0. The van der Waals surface area contributed by atoms with E-state index in [1.54, 1.807) is 22.3 Å². The van der Waals surface area contributed by atoms with Crippen LogP contribution in [-0.4, -0.2) is 0 Å². The Balaban J connectivity index is 1.92. The molecule has 4 rings (SSSR count). The van der Waals surface area contributed by atoms with Crippen molar-refractivity contribution < 1.29 is 0 Å². The van der Waals surface area contributed by atoms with Crippen molar-refractivity contribution in [3.63, 3.8) is 0 Å². The quantitative estimate of drug-likeness (QED) is 0.608. The lowest BCUT2D eigenvalue weighted by Crippen LogP contribution is -2.27. The number of benzene rings is 2. The minimum Gasteiger partial charge on any atom is -0.0590 e. The SMILES string of the molecule is Cc1ccc2c(c1)C1c3cc(Br)ccc3CCC1CC2. The zero-order valence-corrected chi connectivity index (χ0v) is 13.4. The van der Waals surface area contributed by atoms with Gasteiger partial charge in [-0.25, -0.2) is 0 Å². The predicted molar refractivity (Wildman–Crippen MR) is 87.3 cm³/mol. The van der Waals surface area contributed by atoms with Crippen LogP contribution < -0.4 is 0 Å². The molecule has 0 heterocycles. The van der Waals surface area contributed by atoms with E-state index >= 15 is 0 Å². The van der Waals surface area contributed by atoms with Crippen LogP contribution in [0.2, 0.25) is 0 Å². The Morgan fingerprint density at radius 3 is 2.30 bits per heavy atom. The van der Waals surface area contributed by atoms with Gasteiger partial charge < -0.3 is 0 Å². The summed E-state index contributed by atoms with van der Waals surface area (Å²) < 4.78 is 1.22. The number of hydrogen-bond acceptors (Lipinski definition) is 0. The first-order valence-corrected chi connectivity index (χ1v) is 8.39. The molecule has 0 amide bonds. The molecule has 2 aliphatic carbocycles. The van der Waals surface area contributed by atoms with Gasteiger partial charge in [-0.1, -0.05) is 45.8 Å². The number of fused-ring (bicyclic) bond motifs is 5. The topological polar surface area (TPSA) is 0 Å². The third kappa shape index (κ3) is 1.95. The fraction of sp³-hybridized carbons (Fsp3) is 0.368. The molecule has 0 spiro atoms. The second-order valence-corrected chi connectivity index (χ2v) is 7.28. The summed E-state index contributed by atoms with van der Waals surface area (Å²) >= 11 is 3.66. The Bertz CT molecular complexity index is 614. The lowest BCUT2D eigenvalue weighted by Gasteiger charge is -2.39. The van der Waals surface area contributed by atoms with Gasteiger partial charge in [0.25, 0.3) is 0 Å². The number of halogens is 1. The van der Waals surface area contributed by atoms with E-state index in [4.69, 9.17) is 0 Å². The highest BCUT2D eigenvalue weighted by Crippen LogP contribution is 2.47. The van der Waals surface area contributed by atoms with Crippen molar-refractivity contribution >= 4 is 15.9 Å². The van der Waals surface area contributed by atoms with Crippen LogP contribution in [0.1, 0.15) is 46.6 Å². The maximum atomic E-state index is 3.66. The van der Waals surface area contributed by atoms with E-state index in [-0.39, 0.29) is 0 Å². The largest absolute Gasteiger partial charge is 0.0590 e. The molecule has 0 saturated carbocycles. The monoisotopic (exact) mass is 326 g/mol. The molecular weight excluding hydrogens is 308 g/mol. The van der Waals surface area contributed by atoms with Crippen LogP contribution in [0.3, 0.4) is 0 Å². The van der Waals surface area contributed by atoms with Crippen LogP contribution in [0, 0.1) is 12.8 Å². The zero-order valence-electron chi connectivity index (χ0n) is 11.8. The molecule has 0 radical (unpaired) electrons. The van der Waals surface area contributed by atoms with E-state index in [0.29, 0.717) is 5.92 Å². The third-order valence-electron chi connectivity index (χ3n) is 5.12. The van der Waals surface area contributed by atoms with Crippen molar-refractivity contribution in [1.82, 2.24) is 0 Å². The molecule has 0 saturated heterocycles. The molecule has 2 unspecified atom stereocenters. The number of hydrogen-bond donors (Lipinski definition) is 0. The minimum absolute atomic E-state index is 0.625. The molecule has 0 aliphatic heterocycles. The molecule has 0 fully saturated rings. The Hall–Kier alpha value is -1.08. The average molecular weight is 327 g/mol. The second kappa shape index (κ2) is 4.73. The van der Waals surface area contributed by atoms with Crippen molar-refractivity contribution in [3.05, 3.63) is 68.7 Å². The predicted octanol–water partition coefficient (Wildman–Crippen LogP) is 5.40. The first-order chi connectivity index (χ1) is 9.72. The van der Waals surface area contributed by atoms with Crippen molar-refractivity contribution in [2.24, 2.45) is 5.92 Å². The van der Waals surface area contributed by atoms with Gasteiger partial charge in [0.05, 0.1) is 0 Å². The summed E-state index contributed by atoms with van der Waals surface area (Å²) in [6.07, 6.45) is 5.23. The van der Waals surface area contributed by atoms with Crippen molar-refractivity contribution in [2.75, 3.05) is 0 Å². The van der Waals surface area contributed by atoms with Gasteiger partial charge in [-0.3, -0.25) is 0 Å². The molecule has 2 aliphatic rings. The Labute approximate surface area is 129 Å². The summed E-state index contributed by atoms with van der Waals surface area (Å²) in [4.78, 5) is 0. The Morgan fingerprint density at radius 2 is 1.55 bits per heavy atom. The molecule has 0 N–H and O–H groups in total. The molecule has 1 heteroatoms. The minimum atomic E-state index is 0.625. The fourth-order valence-corrected chi connectivity index (χ4v) is 4.53. The summed E-state index contributed by atoms with van der Waals surface area (Å²) in [6, 6.07) is 13.9. The molecule has 2 aromatic rings. The third-order valence-corrected chi connectivity index (χ3v) is 5.61. The summed E-state index contributed by atoms with van der Waals surface area (Å²) in [5, 5.41) is 0. The van der Waals surface area contributed by atoms with Crippen LogP contribution in [0.5, 0.6) is 0 Å². The highest BCUT2D eigenvalue weighted by Gasteiger charge is 2.34. The molecule has 2 atom stereocenters. The van der Waals surface area contributed by atoms with Crippen LogP contribution in [0.25, 0.3) is 0 Å². The summed E-state index contributed by atoms with van der Waals surface area (Å²) in [5.74, 6) is 1.46. The van der Waals surface area contributed by atoms with E-state index in [1.807, 2.05) is 0 Å². The van der Waals surface area contributed by atoms with Crippen LogP contribution in [0.4, 0.5) is 0 Å². The maximum Gasteiger partial charge on any atom is 0.0178 e. The van der Waals surface area contributed by atoms with Crippen molar-refractivity contribution in [1.29, 1.82) is 0 Å². The Morgan fingerprint density at radius 1 is 0.900 bits per heavy atom. The van der Waals surface area contributed by atoms with E-state index in [9.17, 15) is 0 Å². The van der Waals surface area contributed by atoms with Gasteiger partial charge in [-0.2, -0.15) is 0 Å². The summed E-state index contributed by atoms with van der Waals surface area (Å²) in [7, 11) is 0. The van der Waals surface area contributed by atoms with Gasteiger partial charge in [0, 0.05) is 10.4 Å². The van der Waals surface area contributed by atoms with E-state index in [1.165, 1.54) is 35.7 Å². The van der Waals surface area contributed by atoms with Gasteiger partial charge in [0.1, 0.15) is 0 Å².